The maximum Gasteiger partial charge on any atom is 0.358 e. The first-order chi connectivity index (χ1) is 3.81. The molecule has 0 atom stereocenters. The maximum absolute atomic E-state index is 10.2. The van der Waals surface area contributed by atoms with Gasteiger partial charge in [-0.15, -0.1) is 0 Å². The molecule has 0 aromatic heterocycles. The van der Waals surface area contributed by atoms with Crippen LogP contribution in [0, 0.1) is 0 Å². The molecule has 0 fully saturated rings. The second-order valence-electron chi connectivity index (χ2n) is 1.07. The SMILES string of the molecule is C=CC(=O)O[SiH2]O[SiH3]. The van der Waals surface area contributed by atoms with Gasteiger partial charge in [-0.1, -0.05) is 6.58 Å². The zero-order chi connectivity index (χ0) is 6.41. The largest absolute Gasteiger partial charge is 0.497 e. The predicted octanol–water partition coefficient (Wildman–Crippen LogP) is -1.99. The molecule has 5 heteroatoms. The van der Waals surface area contributed by atoms with Crippen LogP contribution in [0.2, 0.25) is 0 Å². The highest BCUT2D eigenvalue weighted by Crippen LogP contribution is 1.73. The second-order valence-corrected chi connectivity index (χ2v) is 3.91. The van der Waals surface area contributed by atoms with Gasteiger partial charge in [0.1, 0.15) is 10.5 Å². The molecule has 46 valence electrons. The molecule has 8 heavy (non-hydrogen) atoms. The molecule has 0 aliphatic heterocycles. The summed E-state index contributed by atoms with van der Waals surface area (Å²) in [6.45, 7) is 3.22. The Morgan fingerprint density at radius 1 is 1.88 bits per heavy atom. The van der Waals surface area contributed by atoms with E-state index in [1.807, 2.05) is 0 Å². The minimum Gasteiger partial charge on any atom is -0.497 e. The summed E-state index contributed by atoms with van der Waals surface area (Å²) in [4.78, 5) is 10.2. The summed E-state index contributed by atoms with van der Waals surface area (Å²) >= 11 is 0. The van der Waals surface area contributed by atoms with Gasteiger partial charge >= 0.3 is 16.0 Å². The van der Waals surface area contributed by atoms with Gasteiger partial charge < -0.3 is 8.54 Å². The summed E-state index contributed by atoms with van der Waals surface area (Å²) in [5.74, 6) is -0.382. The van der Waals surface area contributed by atoms with Crippen LogP contribution in [0.3, 0.4) is 0 Å². The number of rotatable bonds is 3. The van der Waals surface area contributed by atoms with Crippen molar-refractivity contribution in [2.75, 3.05) is 0 Å². The fourth-order valence-electron chi connectivity index (χ4n) is 0.176. The number of carbonyl (C=O) groups excluding carboxylic acids is 1. The summed E-state index contributed by atoms with van der Waals surface area (Å²) < 4.78 is 9.24. The molecule has 0 amide bonds. The Balaban J connectivity index is 3.11. The first-order valence-electron chi connectivity index (χ1n) is 2.09. The lowest BCUT2D eigenvalue weighted by Gasteiger charge is -1.95. The van der Waals surface area contributed by atoms with E-state index in [9.17, 15) is 4.79 Å². The minimum absolute atomic E-state index is 0.382. The summed E-state index contributed by atoms with van der Waals surface area (Å²) in [5.41, 5.74) is 0. The van der Waals surface area contributed by atoms with E-state index in [1.54, 1.807) is 0 Å². The monoisotopic (exact) mass is 148 g/mol. The lowest BCUT2D eigenvalue weighted by Crippen LogP contribution is -2.07. The van der Waals surface area contributed by atoms with Gasteiger partial charge in [-0.25, -0.2) is 4.79 Å². The molecule has 0 unspecified atom stereocenters. The molecule has 0 rings (SSSR count). The van der Waals surface area contributed by atoms with Gasteiger partial charge in [0.05, 0.1) is 0 Å². The molecule has 3 nitrogen and oxygen atoms in total. The van der Waals surface area contributed by atoms with E-state index in [0.29, 0.717) is 10.5 Å². The lowest BCUT2D eigenvalue weighted by atomic mass is 10.7. The Morgan fingerprint density at radius 3 is 2.88 bits per heavy atom. The molecule has 0 N–H and O–H groups in total. The average Bonchev–Trinajstić information content (AvgIpc) is 1.83. The van der Waals surface area contributed by atoms with Crippen LogP contribution in [0.15, 0.2) is 12.7 Å². The molecule has 0 spiro atoms. The van der Waals surface area contributed by atoms with Crippen LogP contribution >= 0.6 is 0 Å². The van der Waals surface area contributed by atoms with Crippen LogP contribution in [0.1, 0.15) is 0 Å². The standard InChI is InChI=1S/C3H8O3Si2/c1-2-3(4)5-8-6-7/h2H,1,8H2,7H3. The molecule has 0 saturated carbocycles. The zero-order valence-corrected chi connectivity index (χ0v) is 8.13. The molecular formula is C3H8O3Si2. The fraction of sp³-hybridized carbons (Fsp3) is 0. The van der Waals surface area contributed by atoms with Crippen LogP contribution in [-0.4, -0.2) is 26.5 Å². The highest BCUT2D eigenvalue weighted by Gasteiger charge is 1.90. The topological polar surface area (TPSA) is 35.5 Å². The Morgan fingerprint density at radius 2 is 2.50 bits per heavy atom. The van der Waals surface area contributed by atoms with Crippen LogP contribution in [0.4, 0.5) is 0 Å². The van der Waals surface area contributed by atoms with E-state index >= 15 is 0 Å². The maximum atomic E-state index is 10.2. The van der Waals surface area contributed by atoms with Gasteiger partial charge in [0.2, 0.25) is 0 Å². The highest BCUT2D eigenvalue weighted by molar-refractivity contribution is 6.30. The van der Waals surface area contributed by atoms with E-state index in [-0.39, 0.29) is 5.97 Å². The van der Waals surface area contributed by atoms with Crippen molar-refractivity contribution in [3.05, 3.63) is 12.7 Å². The van der Waals surface area contributed by atoms with Crippen molar-refractivity contribution in [2.45, 2.75) is 0 Å². The van der Waals surface area contributed by atoms with Crippen LogP contribution in [0.5, 0.6) is 0 Å². The molecular weight excluding hydrogens is 140 g/mol. The predicted molar refractivity (Wildman–Crippen MR) is 35.9 cm³/mol. The van der Waals surface area contributed by atoms with Crippen LogP contribution in [-0.2, 0) is 13.3 Å². The average molecular weight is 148 g/mol. The van der Waals surface area contributed by atoms with E-state index in [0.717, 1.165) is 6.08 Å². The Kier molecular flexibility index (Phi) is 4.52. The third-order valence-corrected chi connectivity index (χ3v) is 1.83. The molecule has 0 bridgehead atoms. The molecule has 0 aliphatic carbocycles. The van der Waals surface area contributed by atoms with Gasteiger partial charge in [-0.2, -0.15) is 0 Å². The van der Waals surface area contributed by atoms with Gasteiger partial charge in [0.25, 0.3) is 0 Å². The van der Waals surface area contributed by atoms with Gasteiger partial charge in [0.15, 0.2) is 0 Å². The Bertz CT molecular complexity index is 92.5. The smallest absolute Gasteiger partial charge is 0.358 e. The normalized spacial score (nSPS) is 10.0. The summed E-state index contributed by atoms with van der Waals surface area (Å²) in [7, 11) is -0.349. The number of hydrogen-bond donors (Lipinski definition) is 0. The van der Waals surface area contributed by atoms with Crippen molar-refractivity contribution in [1.29, 1.82) is 0 Å². The second kappa shape index (κ2) is 4.76. The van der Waals surface area contributed by atoms with Crippen molar-refractivity contribution in [3.8, 4) is 0 Å². The number of hydrogen-bond acceptors (Lipinski definition) is 3. The zero-order valence-electron chi connectivity index (χ0n) is 4.72. The minimum atomic E-state index is -0.996. The van der Waals surface area contributed by atoms with E-state index in [4.69, 9.17) is 4.12 Å². The molecule has 0 radical (unpaired) electrons. The van der Waals surface area contributed by atoms with Crippen molar-refractivity contribution in [1.82, 2.24) is 0 Å². The van der Waals surface area contributed by atoms with Crippen molar-refractivity contribution in [3.63, 3.8) is 0 Å². The van der Waals surface area contributed by atoms with Gasteiger partial charge in [-0.3, -0.25) is 0 Å². The Hall–Kier alpha value is -0.396. The molecule has 0 saturated heterocycles. The van der Waals surface area contributed by atoms with E-state index in [1.165, 1.54) is 0 Å². The third-order valence-electron chi connectivity index (χ3n) is 0.486. The van der Waals surface area contributed by atoms with Gasteiger partial charge in [0, 0.05) is 6.08 Å². The van der Waals surface area contributed by atoms with Crippen LogP contribution < -0.4 is 0 Å². The lowest BCUT2D eigenvalue weighted by molar-refractivity contribution is -0.129. The highest BCUT2D eigenvalue weighted by atomic mass is 28.3. The van der Waals surface area contributed by atoms with Crippen molar-refractivity contribution in [2.24, 2.45) is 0 Å². The first kappa shape index (κ1) is 7.60. The first-order valence-corrected chi connectivity index (χ1v) is 4.06. The van der Waals surface area contributed by atoms with E-state index in [2.05, 4.69) is 11.0 Å². The molecule has 0 aromatic carbocycles. The van der Waals surface area contributed by atoms with Crippen LogP contribution in [0.25, 0.3) is 0 Å². The molecule has 0 aliphatic rings. The number of carbonyl (C=O) groups is 1. The molecule has 0 heterocycles. The van der Waals surface area contributed by atoms with Gasteiger partial charge in [-0.05, 0) is 0 Å². The summed E-state index contributed by atoms with van der Waals surface area (Å²) in [5, 5.41) is 0. The van der Waals surface area contributed by atoms with E-state index < -0.39 is 10.0 Å². The fourth-order valence-corrected chi connectivity index (χ4v) is 0.881. The quantitative estimate of drug-likeness (QED) is 0.343. The Labute approximate surface area is 53.3 Å². The summed E-state index contributed by atoms with van der Waals surface area (Å²) in [6.07, 6.45) is 1.13. The van der Waals surface area contributed by atoms with Crippen molar-refractivity contribution >= 4 is 26.5 Å². The summed E-state index contributed by atoms with van der Waals surface area (Å²) in [6, 6.07) is 0. The third kappa shape index (κ3) is 3.78. The van der Waals surface area contributed by atoms with Crippen molar-refractivity contribution < 1.29 is 13.3 Å². The molecule has 0 aromatic rings.